The number of aromatic amines is 1. The fourth-order valence-electron chi connectivity index (χ4n) is 4.57. The van der Waals surface area contributed by atoms with Gasteiger partial charge in [-0.3, -0.25) is 9.80 Å². The monoisotopic (exact) mass is 541 g/mol. The number of nitrogens with one attached hydrogen (secondary N) is 2. The van der Waals surface area contributed by atoms with Gasteiger partial charge in [-0.05, 0) is 25.5 Å². The van der Waals surface area contributed by atoms with Crippen LogP contribution >= 0.6 is 0 Å². The van der Waals surface area contributed by atoms with Crippen molar-refractivity contribution in [1.82, 2.24) is 39.7 Å². The van der Waals surface area contributed by atoms with Crippen molar-refractivity contribution in [1.29, 1.82) is 0 Å². The molecule has 1 saturated heterocycles. The quantitative estimate of drug-likeness (QED) is 0.283. The molecule has 0 amide bonds. The number of piperazine rings is 1. The van der Waals surface area contributed by atoms with Crippen LogP contribution in [0.3, 0.4) is 0 Å². The fraction of sp³-hybridized carbons (Fsp3) is 0.375. The highest BCUT2D eigenvalue weighted by atomic mass is 32.2. The van der Waals surface area contributed by atoms with E-state index in [2.05, 4.69) is 42.1 Å². The molecule has 5 heterocycles. The number of methoxy groups -OCH3 is 1. The summed E-state index contributed by atoms with van der Waals surface area (Å²) >= 11 is 0. The summed E-state index contributed by atoms with van der Waals surface area (Å²) in [6.07, 6.45) is 4.81. The van der Waals surface area contributed by atoms with Gasteiger partial charge >= 0.3 is 0 Å². The Morgan fingerprint density at radius 1 is 1.13 bits per heavy atom. The van der Waals surface area contributed by atoms with Gasteiger partial charge in [-0.1, -0.05) is 0 Å². The Balaban J connectivity index is 1.51. The lowest BCUT2D eigenvalue weighted by Crippen LogP contribution is -2.47. The molecule has 14 heteroatoms. The number of imidazole rings is 1. The molecule has 1 unspecified atom stereocenters. The number of ether oxygens (including phenoxy) is 1. The van der Waals surface area contributed by atoms with Crippen LogP contribution in [0.4, 0.5) is 15.9 Å². The van der Waals surface area contributed by atoms with Crippen LogP contribution in [0.15, 0.2) is 30.9 Å². The third-order valence-corrected chi connectivity index (χ3v) is 7.20. The number of pyridine rings is 2. The van der Waals surface area contributed by atoms with E-state index in [4.69, 9.17) is 9.72 Å². The Labute approximate surface area is 220 Å². The second-order valence-corrected chi connectivity index (χ2v) is 9.98. The van der Waals surface area contributed by atoms with Crippen LogP contribution < -0.4 is 10.1 Å². The normalized spacial score (nSPS) is 15.7. The summed E-state index contributed by atoms with van der Waals surface area (Å²) in [6.45, 7) is 6.69. The van der Waals surface area contributed by atoms with Gasteiger partial charge in [0.05, 0.1) is 31.2 Å². The molecule has 0 bridgehead atoms. The first-order chi connectivity index (χ1) is 18.3. The maximum atomic E-state index is 14.3. The van der Waals surface area contributed by atoms with Gasteiger partial charge in [-0.15, -0.1) is 0 Å². The minimum absolute atomic E-state index is 0.0103. The number of anilines is 2. The lowest BCUT2D eigenvalue weighted by Gasteiger charge is -2.37. The average Bonchev–Trinajstić information content (AvgIpc) is 3.37. The predicted molar refractivity (Wildman–Crippen MR) is 140 cm³/mol. The molecule has 4 aromatic rings. The molecular formula is C24H28FN9O3S. The van der Waals surface area contributed by atoms with Crippen molar-refractivity contribution in [3.63, 3.8) is 0 Å². The van der Waals surface area contributed by atoms with Gasteiger partial charge in [0.2, 0.25) is 5.88 Å². The SMILES string of the molecule is COc1ncc(Nc2ncc(C(C)N3CCN(C[SH](=O)=O)CC3)cc2-c2nc(C)nc3[nH]cnc23)cc1F. The number of nitrogens with zero attached hydrogens (tertiary/aromatic N) is 7. The van der Waals surface area contributed by atoms with Crippen molar-refractivity contribution in [3.8, 4) is 17.1 Å². The molecule has 0 aliphatic carbocycles. The highest BCUT2D eigenvalue weighted by Crippen LogP contribution is 2.34. The van der Waals surface area contributed by atoms with Crippen molar-refractivity contribution in [2.24, 2.45) is 0 Å². The minimum atomic E-state index is -2.44. The van der Waals surface area contributed by atoms with E-state index in [9.17, 15) is 12.8 Å². The van der Waals surface area contributed by atoms with Crippen molar-refractivity contribution in [3.05, 3.63) is 48.1 Å². The second kappa shape index (κ2) is 10.9. The molecule has 4 aromatic heterocycles. The van der Waals surface area contributed by atoms with Crippen molar-refractivity contribution in [2.45, 2.75) is 19.9 Å². The van der Waals surface area contributed by atoms with Gasteiger partial charge in [-0.25, -0.2) is 37.7 Å². The van der Waals surface area contributed by atoms with Crippen LogP contribution in [-0.4, -0.2) is 87.3 Å². The van der Waals surface area contributed by atoms with E-state index in [0.717, 1.165) is 18.7 Å². The summed E-state index contributed by atoms with van der Waals surface area (Å²) in [7, 11) is -1.08. The van der Waals surface area contributed by atoms with Gasteiger partial charge in [0.15, 0.2) is 22.2 Å². The Morgan fingerprint density at radius 2 is 1.92 bits per heavy atom. The number of thiol groups is 1. The van der Waals surface area contributed by atoms with Gasteiger partial charge in [0, 0.05) is 50.0 Å². The number of fused-ring (bicyclic) bond motifs is 1. The summed E-state index contributed by atoms with van der Waals surface area (Å²) < 4.78 is 41.5. The molecule has 2 N–H and O–H groups in total. The van der Waals surface area contributed by atoms with E-state index in [0.29, 0.717) is 52.8 Å². The standard InChI is InChI=1S/C24H28FN9O3S/c1-14(34-6-4-33(5-7-34)13-38(35)36)16-8-18(20-21-23(29-12-28-21)31-15(2)30-20)22(26-10-16)32-17-9-19(25)24(37-3)27-11-17/h8-12,14,38H,4-7,13H2,1-3H3,(H,26,32)(H,28,29,30,31). The Kier molecular flexibility index (Phi) is 7.44. The largest absolute Gasteiger partial charge is 0.479 e. The highest BCUT2D eigenvalue weighted by molar-refractivity contribution is 7.72. The predicted octanol–water partition coefficient (Wildman–Crippen LogP) is 2.26. The van der Waals surface area contributed by atoms with Crippen LogP contribution in [0.5, 0.6) is 5.88 Å². The summed E-state index contributed by atoms with van der Waals surface area (Å²) in [6, 6.07) is 3.30. The third kappa shape index (κ3) is 5.42. The molecule has 0 saturated carbocycles. The van der Waals surface area contributed by atoms with Gasteiger partial charge in [0.25, 0.3) is 0 Å². The number of aryl methyl sites for hydroxylation is 1. The van der Waals surface area contributed by atoms with Crippen LogP contribution in [0.1, 0.15) is 24.4 Å². The molecule has 1 fully saturated rings. The van der Waals surface area contributed by atoms with Gasteiger partial charge in [-0.2, -0.15) is 0 Å². The first kappa shape index (κ1) is 25.9. The zero-order valence-corrected chi connectivity index (χ0v) is 22.1. The molecule has 5 rings (SSSR count). The summed E-state index contributed by atoms with van der Waals surface area (Å²) in [5.74, 6) is 0.402. The zero-order valence-electron chi connectivity index (χ0n) is 21.2. The maximum Gasteiger partial charge on any atom is 0.250 e. The maximum absolute atomic E-state index is 14.3. The van der Waals surface area contributed by atoms with Gasteiger partial charge < -0.3 is 15.0 Å². The fourth-order valence-corrected chi connectivity index (χ4v) is 5.18. The highest BCUT2D eigenvalue weighted by Gasteiger charge is 2.24. The van der Waals surface area contributed by atoms with Crippen LogP contribution in [-0.2, 0) is 10.7 Å². The van der Waals surface area contributed by atoms with Crippen molar-refractivity contribution < 1.29 is 17.5 Å². The van der Waals surface area contributed by atoms with E-state index in [-0.39, 0.29) is 17.8 Å². The number of hydrogen-bond donors (Lipinski definition) is 3. The number of halogens is 1. The summed E-state index contributed by atoms with van der Waals surface area (Å²) in [4.78, 5) is 29.5. The first-order valence-corrected chi connectivity index (χ1v) is 13.4. The van der Waals surface area contributed by atoms with Crippen LogP contribution in [0.2, 0.25) is 0 Å². The number of H-pyrrole nitrogens is 1. The molecule has 1 aliphatic rings. The summed E-state index contributed by atoms with van der Waals surface area (Å²) in [5, 5.41) is 3.16. The molecule has 1 aliphatic heterocycles. The Bertz CT molecular complexity index is 1530. The van der Waals surface area contributed by atoms with Gasteiger partial charge in [0.1, 0.15) is 22.9 Å². The minimum Gasteiger partial charge on any atom is -0.479 e. The zero-order chi connectivity index (χ0) is 26.8. The molecule has 0 radical (unpaired) electrons. The molecule has 0 spiro atoms. The topological polar surface area (TPSA) is 142 Å². The van der Waals surface area contributed by atoms with Crippen molar-refractivity contribution in [2.75, 3.05) is 44.5 Å². The molecule has 38 heavy (non-hydrogen) atoms. The van der Waals surface area contributed by atoms with E-state index in [1.807, 2.05) is 11.0 Å². The molecule has 200 valence electrons. The second-order valence-electron chi connectivity index (χ2n) is 9.03. The number of hydrogen-bond acceptors (Lipinski definition) is 11. The van der Waals surface area contributed by atoms with E-state index in [1.165, 1.54) is 19.4 Å². The third-order valence-electron chi connectivity index (χ3n) is 6.57. The average molecular weight is 542 g/mol. The smallest absolute Gasteiger partial charge is 0.250 e. The first-order valence-electron chi connectivity index (χ1n) is 12.0. The Hall–Kier alpha value is -3.75. The number of aromatic nitrogens is 6. The lowest BCUT2D eigenvalue weighted by molar-refractivity contribution is 0.114. The molecular weight excluding hydrogens is 513 g/mol. The molecule has 12 nitrogen and oxygen atoms in total. The number of rotatable bonds is 8. The lowest BCUT2D eigenvalue weighted by atomic mass is 10.0. The Morgan fingerprint density at radius 3 is 2.63 bits per heavy atom. The van der Waals surface area contributed by atoms with E-state index >= 15 is 0 Å². The van der Waals surface area contributed by atoms with Crippen LogP contribution in [0.25, 0.3) is 22.4 Å². The van der Waals surface area contributed by atoms with Crippen molar-refractivity contribution >= 4 is 33.4 Å². The van der Waals surface area contributed by atoms with E-state index < -0.39 is 16.5 Å². The molecule has 0 aromatic carbocycles. The molecule has 1 atom stereocenters. The summed E-state index contributed by atoms with van der Waals surface area (Å²) in [5.41, 5.74) is 3.80. The van der Waals surface area contributed by atoms with Crippen LogP contribution in [0, 0.1) is 12.7 Å². The van der Waals surface area contributed by atoms with E-state index in [1.54, 1.807) is 19.4 Å².